The quantitative estimate of drug-likeness (QED) is 0.416. The van der Waals surface area contributed by atoms with E-state index in [1.165, 1.54) is 0 Å². The smallest absolute Gasteiger partial charge is 0.266 e. The van der Waals surface area contributed by atoms with Crippen molar-refractivity contribution in [3.05, 3.63) is 84.1 Å². The van der Waals surface area contributed by atoms with Gasteiger partial charge in [0.05, 0.1) is 0 Å². The van der Waals surface area contributed by atoms with Crippen molar-refractivity contribution >= 4 is 28.6 Å². The van der Waals surface area contributed by atoms with Crippen LogP contribution in [0, 0.1) is 18.3 Å². The number of benzene rings is 2. The van der Waals surface area contributed by atoms with E-state index in [1.54, 1.807) is 18.2 Å². The standard InChI is InChI=1S/C22H19N3O/c1-3-13-25-16(2)20(19-11-7-8-12-21(19)25)14-17(15-23)22(26)24-18-9-5-4-6-10-18/h3-12,14H,1,13H2,2H3,(H,24,26)/b17-14-. The molecule has 2 aromatic carbocycles. The third-order valence-electron chi connectivity index (χ3n) is 4.28. The molecule has 0 radical (unpaired) electrons. The van der Waals surface area contributed by atoms with Crippen molar-refractivity contribution < 1.29 is 4.79 Å². The van der Waals surface area contributed by atoms with Crippen molar-refractivity contribution in [2.45, 2.75) is 13.5 Å². The number of aromatic nitrogens is 1. The molecule has 4 heteroatoms. The number of nitrogens with zero attached hydrogens (tertiary/aromatic N) is 2. The average Bonchev–Trinajstić information content (AvgIpc) is 2.92. The minimum absolute atomic E-state index is 0.0680. The minimum atomic E-state index is -0.418. The number of amides is 1. The first kappa shape index (κ1) is 17.2. The van der Waals surface area contributed by atoms with E-state index in [9.17, 15) is 10.1 Å². The summed E-state index contributed by atoms with van der Waals surface area (Å²) in [6, 6.07) is 19.1. The molecule has 1 amide bonds. The first-order valence-corrected chi connectivity index (χ1v) is 8.32. The summed E-state index contributed by atoms with van der Waals surface area (Å²) < 4.78 is 2.12. The van der Waals surface area contributed by atoms with E-state index in [1.807, 2.05) is 61.5 Å². The molecule has 4 nitrogen and oxygen atoms in total. The molecular weight excluding hydrogens is 322 g/mol. The average molecular weight is 341 g/mol. The van der Waals surface area contributed by atoms with Gasteiger partial charge >= 0.3 is 0 Å². The molecule has 0 fully saturated rings. The van der Waals surface area contributed by atoms with Crippen LogP contribution in [-0.2, 0) is 11.3 Å². The summed E-state index contributed by atoms with van der Waals surface area (Å²) in [6.45, 7) is 6.46. The van der Waals surface area contributed by atoms with Crippen molar-refractivity contribution in [1.29, 1.82) is 5.26 Å². The fraction of sp³-hybridized carbons (Fsp3) is 0.0909. The van der Waals surface area contributed by atoms with Crippen molar-refractivity contribution in [3.8, 4) is 6.07 Å². The van der Waals surface area contributed by atoms with Gasteiger partial charge in [0.1, 0.15) is 11.6 Å². The molecule has 26 heavy (non-hydrogen) atoms. The Balaban J connectivity index is 2.05. The molecule has 0 spiro atoms. The number of nitrogens with one attached hydrogen (secondary N) is 1. The molecule has 0 saturated carbocycles. The predicted octanol–water partition coefficient (Wildman–Crippen LogP) is 4.68. The Morgan fingerprint density at radius 1 is 1.19 bits per heavy atom. The molecule has 128 valence electrons. The molecule has 0 atom stereocenters. The summed E-state index contributed by atoms with van der Waals surface area (Å²) in [5.41, 5.74) is 3.65. The maximum atomic E-state index is 12.5. The van der Waals surface area contributed by atoms with Crippen LogP contribution in [-0.4, -0.2) is 10.5 Å². The normalized spacial score (nSPS) is 11.2. The maximum Gasteiger partial charge on any atom is 0.266 e. The number of hydrogen-bond donors (Lipinski definition) is 1. The molecule has 1 aromatic heterocycles. The summed E-state index contributed by atoms with van der Waals surface area (Å²) in [7, 11) is 0. The third-order valence-corrected chi connectivity index (χ3v) is 4.28. The highest BCUT2D eigenvalue weighted by molar-refractivity contribution is 6.11. The van der Waals surface area contributed by atoms with E-state index >= 15 is 0 Å². The summed E-state index contributed by atoms with van der Waals surface area (Å²) in [4.78, 5) is 12.5. The molecule has 3 aromatic rings. The summed E-state index contributed by atoms with van der Waals surface area (Å²) >= 11 is 0. The first-order valence-electron chi connectivity index (χ1n) is 8.32. The van der Waals surface area contributed by atoms with Crippen LogP contribution in [0.25, 0.3) is 17.0 Å². The van der Waals surface area contributed by atoms with Gasteiger partial charge in [0.25, 0.3) is 5.91 Å². The van der Waals surface area contributed by atoms with E-state index < -0.39 is 5.91 Å². The van der Waals surface area contributed by atoms with Gasteiger partial charge in [0.15, 0.2) is 0 Å². The fourth-order valence-electron chi connectivity index (χ4n) is 3.02. The largest absolute Gasteiger partial charge is 0.340 e. The molecule has 1 heterocycles. The predicted molar refractivity (Wildman–Crippen MR) is 106 cm³/mol. The van der Waals surface area contributed by atoms with E-state index in [-0.39, 0.29) is 5.57 Å². The zero-order valence-corrected chi connectivity index (χ0v) is 14.6. The molecule has 0 saturated heterocycles. The van der Waals surface area contributed by atoms with Crippen LogP contribution >= 0.6 is 0 Å². The number of anilines is 1. The lowest BCUT2D eigenvalue weighted by atomic mass is 10.1. The van der Waals surface area contributed by atoms with Gasteiger partial charge in [-0.2, -0.15) is 5.26 Å². The Morgan fingerprint density at radius 2 is 1.88 bits per heavy atom. The Labute approximate surface area is 152 Å². The number of hydrogen-bond acceptors (Lipinski definition) is 2. The number of fused-ring (bicyclic) bond motifs is 1. The number of para-hydroxylation sites is 2. The van der Waals surface area contributed by atoms with Crippen LogP contribution in [0.1, 0.15) is 11.3 Å². The highest BCUT2D eigenvalue weighted by atomic mass is 16.1. The lowest BCUT2D eigenvalue weighted by Crippen LogP contribution is -2.13. The van der Waals surface area contributed by atoms with Gasteiger partial charge in [0.2, 0.25) is 0 Å². The molecule has 0 aliphatic rings. The van der Waals surface area contributed by atoms with Crippen LogP contribution in [0.15, 0.2) is 72.8 Å². The monoisotopic (exact) mass is 341 g/mol. The lowest BCUT2D eigenvalue weighted by Gasteiger charge is -2.05. The fourth-order valence-corrected chi connectivity index (χ4v) is 3.02. The first-order chi connectivity index (χ1) is 12.7. The summed E-state index contributed by atoms with van der Waals surface area (Å²) in [5.74, 6) is -0.418. The van der Waals surface area contributed by atoms with E-state index in [4.69, 9.17) is 0 Å². The van der Waals surface area contributed by atoms with Gasteiger partial charge < -0.3 is 9.88 Å². The van der Waals surface area contributed by atoms with Gasteiger partial charge in [-0.05, 0) is 31.2 Å². The molecule has 0 bridgehead atoms. The van der Waals surface area contributed by atoms with Crippen LogP contribution in [0.2, 0.25) is 0 Å². The maximum absolute atomic E-state index is 12.5. The van der Waals surface area contributed by atoms with Gasteiger partial charge in [-0.25, -0.2) is 0 Å². The lowest BCUT2D eigenvalue weighted by molar-refractivity contribution is -0.112. The van der Waals surface area contributed by atoms with Crippen molar-refractivity contribution in [2.75, 3.05) is 5.32 Å². The van der Waals surface area contributed by atoms with Crippen molar-refractivity contribution in [3.63, 3.8) is 0 Å². The van der Waals surface area contributed by atoms with Crippen molar-refractivity contribution in [2.24, 2.45) is 0 Å². The van der Waals surface area contributed by atoms with Crippen LogP contribution < -0.4 is 5.32 Å². The summed E-state index contributed by atoms with van der Waals surface area (Å²) in [6.07, 6.45) is 3.50. The van der Waals surface area contributed by atoms with Crippen molar-refractivity contribution in [1.82, 2.24) is 4.57 Å². The van der Waals surface area contributed by atoms with E-state index in [0.717, 1.165) is 22.2 Å². The summed E-state index contributed by atoms with van der Waals surface area (Å²) in [5, 5.41) is 13.3. The zero-order valence-electron chi connectivity index (χ0n) is 14.6. The molecule has 0 aliphatic carbocycles. The second-order valence-electron chi connectivity index (χ2n) is 5.91. The second kappa shape index (κ2) is 7.54. The molecule has 0 unspecified atom stereocenters. The Bertz CT molecular complexity index is 1040. The van der Waals surface area contributed by atoms with E-state index in [2.05, 4.69) is 16.5 Å². The van der Waals surface area contributed by atoms with Gasteiger partial charge in [-0.15, -0.1) is 6.58 Å². The Morgan fingerprint density at radius 3 is 2.58 bits per heavy atom. The van der Waals surface area contributed by atoms with Crippen LogP contribution in [0.3, 0.4) is 0 Å². The highest BCUT2D eigenvalue weighted by Gasteiger charge is 2.15. The number of allylic oxidation sites excluding steroid dienone is 1. The number of carbonyl (C=O) groups excluding carboxylic acids is 1. The molecule has 1 N–H and O–H groups in total. The zero-order chi connectivity index (χ0) is 18.5. The van der Waals surface area contributed by atoms with Gasteiger partial charge in [0, 0.05) is 34.4 Å². The number of rotatable bonds is 5. The highest BCUT2D eigenvalue weighted by Crippen LogP contribution is 2.28. The van der Waals surface area contributed by atoms with Crippen LogP contribution in [0.5, 0.6) is 0 Å². The topological polar surface area (TPSA) is 57.8 Å². The van der Waals surface area contributed by atoms with Crippen LogP contribution in [0.4, 0.5) is 5.69 Å². The van der Waals surface area contributed by atoms with E-state index in [0.29, 0.717) is 12.2 Å². The van der Waals surface area contributed by atoms with Gasteiger partial charge in [-0.3, -0.25) is 4.79 Å². The SMILES string of the molecule is C=CCn1c(C)c(/C=C(/C#N)C(=O)Nc2ccccc2)c2ccccc21. The second-order valence-corrected chi connectivity index (χ2v) is 5.91. The molecule has 3 rings (SSSR count). The number of carbonyl (C=O) groups is 1. The van der Waals surface area contributed by atoms with Gasteiger partial charge in [-0.1, -0.05) is 42.5 Å². The third kappa shape index (κ3) is 3.28. The minimum Gasteiger partial charge on any atom is -0.340 e. The Hall–Kier alpha value is -3.58. The molecule has 0 aliphatic heterocycles. The molecular formula is C22H19N3O. The number of nitriles is 1. The Kier molecular flexibility index (Phi) is 5.00.